The number of hydrogen-bond acceptors (Lipinski definition) is 5. The number of amidine groups is 1. The van der Waals surface area contributed by atoms with Gasteiger partial charge in [-0.1, -0.05) is 0 Å². The first kappa shape index (κ1) is 15.5. The minimum absolute atomic E-state index is 0.290. The second kappa shape index (κ2) is 6.56. The summed E-state index contributed by atoms with van der Waals surface area (Å²) in [6, 6.07) is -0.349. The lowest BCUT2D eigenvalue weighted by Crippen LogP contribution is -2.54. The predicted octanol–water partition coefficient (Wildman–Crippen LogP) is -1.41. The summed E-state index contributed by atoms with van der Waals surface area (Å²) in [6.45, 7) is 5.24. The van der Waals surface area contributed by atoms with Gasteiger partial charge in [-0.2, -0.15) is 0 Å². The summed E-state index contributed by atoms with van der Waals surface area (Å²) in [4.78, 5) is 1.82. The molecule has 4 N–H and O–H groups in total. The Labute approximate surface area is 112 Å². The second-order valence-corrected chi connectivity index (χ2v) is 5.76. The lowest BCUT2D eigenvalue weighted by atomic mass is 9.98. The van der Waals surface area contributed by atoms with Gasteiger partial charge in [0, 0.05) is 24.2 Å². The molecule has 1 heterocycles. The lowest BCUT2D eigenvalue weighted by Gasteiger charge is -2.38. The molecule has 0 amide bonds. The SMILES string of the molecule is C=[N+]=C(S[C@@H]1C[C@@H](O)[C@H](O)[C@@H]([C@@H](C)N)O1)N(C)C. The van der Waals surface area contributed by atoms with Crippen LogP contribution in [0, 0.1) is 0 Å². The highest BCUT2D eigenvalue weighted by atomic mass is 32.2. The molecule has 1 saturated heterocycles. The van der Waals surface area contributed by atoms with Crippen LogP contribution in [0.4, 0.5) is 0 Å². The van der Waals surface area contributed by atoms with E-state index < -0.39 is 18.3 Å². The van der Waals surface area contributed by atoms with Gasteiger partial charge in [-0.25, -0.2) is 9.57 Å². The fraction of sp³-hybridized carbons (Fsp3) is 0.818. The molecule has 1 aliphatic rings. The molecule has 5 atom stereocenters. The molecule has 0 aromatic carbocycles. The topological polar surface area (TPSA) is 93.0 Å². The van der Waals surface area contributed by atoms with Gasteiger partial charge in [-0.15, -0.1) is 0 Å². The van der Waals surface area contributed by atoms with Crippen molar-refractivity contribution in [3.63, 3.8) is 0 Å². The third-order valence-corrected chi connectivity index (χ3v) is 4.02. The van der Waals surface area contributed by atoms with Crippen LogP contribution in [0.5, 0.6) is 0 Å². The van der Waals surface area contributed by atoms with Crippen molar-refractivity contribution >= 4 is 23.6 Å². The number of nitrogens with two attached hydrogens (primary N) is 1. The summed E-state index contributed by atoms with van der Waals surface area (Å²) in [5.74, 6) is 0. The quantitative estimate of drug-likeness (QED) is 0.326. The number of hydrogen-bond donors (Lipinski definition) is 3. The summed E-state index contributed by atoms with van der Waals surface area (Å²) in [7, 11) is 3.71. The van der Waals surface area contributed by atoms with E-state index in [1.807, 2.05) is 19.0 Å². The molecule has 1 fully saturated rings. The zero-order valence-electron chi connectivity index (χ0n) is 11.0. The Kier molecular flexibility index (Phi) is 5.65. The molecule has 0 aromatic heterocycles. The van der Waals surface area contributed by atoms with E-state index in [0.717, 1.165) is 0 Å². The lowest BCUT2D eigenvalue weighted by molar-refractivity contribution is -0.150. The molecule has 0 unspecified atom stereocenters. The van der Waals surface area contributed by atoms with Gasteiger partial charge in [-0.3, -0.25) is 0 Å². The van der Waals surface area contributed by atoms with Gasteiger partial charge in [0.1, 0.15) is 17.6 Å². The number of rotatable bonds is 2. The Morgan fingerprint density at radius 3 is 2.61 bits per heavy atom. The van der Waals surface area contributed by atoms with E-state index in [2.05, 4.69) is 11.4 Å². The Morgan fingerprint density at radius 1 is 1.56 bits per heavy atom. The standard InChI is InChI=1S/C11H22N3O3S/c1-6(12)10-9(16)7(15)5-8(17-10)18-11(13-2)14(3)4/h6-10,15-16H,2,5,12H2,1,3-4H3/q+1/t6-,7-,8-,9+,10-/m1/s1. The van der Waals surface area contributed by atoms with Gasteiger partial charge in [0.15, 0.2) is 6.72 Å². The molecule has 18 heavy (non-hydrogen) atoms. The summed E-state index contributed by atoms with van der Waals surface area (Å²) in [5.41, 5.74) is 5.46. The molecule has 0 aliphatic carbocycles. The Hall–Kier alpha value is -0.560. The van der Waals surface area contributed by atoms with Gasteiger partial charge in [0.2, 0.25) is 0 Å². The molecule has 0 radical (unpaired) electrons. The zero-order valence-corrected chi connectivity index (χ0v) is 11.8. The van der Waals surface area contributed by atoms with E-state index >= 15 is 0 Å². The van der Waals surface area contributed by atoms with E-state index in [1.54, 1.807) is 6.92 Å². The van der Waals surface area contributed by atoms with Crippen molar-refractivity contribution in [3.05, 3.63) is 0 Å². The zero-order chi connectivity index (χ0) is 13.9. The van der Waals surface area contributed by atoms with E-state index in [4.69, 9.17) is 10.5 Å². The van der Waals surface area contributed by atoms with Crippen molar-refractivity contribution in [1.29, 1.82) is 0 Å². The van der Waals surface area contributed by atoms with Crippen LogP contribution >= 0.6 is 11.8 Å². The van der Waals surface area contributed by atoms with Crippen LogP contribution in [0.25, 0.3) is 0 Å². The van der Waals surface area contributed by atoms with Gasteiger partial charge in [0.25, 0.3) is 0 Å². The van der Waals surface area contributed by atoms with Crippen LogP contribution in [-0.2, 0) is 4.74 Å². The Bertz CT molecular complexity index is 331. The monoisotopic (exact) mass is 276 g/mol. The number of thioether (sulfide) groups is 1. The number of nitrogens with zero attached hydrogens (tertiary/aromatic N) is 2. The highest BCUT2D eigenvalue weighted by Gasteiger charge is 2.40. The summed E-state index contributed by atoms with van der Waals surface area (Å²) in [6.07, 6.45) is -2.01. The third kappa shape index (κ3) is 3.71. The first-order valence-corrected chi connectivity index (χ1v) is 6.69. The molecular weight excluding hydrogens is 254 g/mol. The molecule has 7 heteroatoms. The highest BCUT2D eigenvalue weighted by molar-refractivity contribution is 8.14. The molecule has 0 spiro atoms. The molecule has 0 aromatic rings. The molecule has 0 saturated carbocycles. The predicted molar refractivity (Wildman–Crippen MR) is 74.5 cm³/mol. The van der Waals surface area contributed by atoms with Crippen molar-refractivity contribution in [3.8, 4) is 0 Å². The molecule has 104 valence electrons. The van der Waals surface area contributed by atoms with Gasteiger partial charge < -0.3 is 20.7 Å². The third-order valence-electron chi connectivity index (χ3n) is 2.75. The van der Waals surface area contributed by atoms with E-state index in [-0.39, 0.29) is 11.5 Å². The maximum Gasteiger partial charge on any atom is 0.407 e. The van der Waals surface area contributed by atoms with Crippen LogP contribution in [0.2, 0.25) is 0 Å². The molecular formula is C11H22N3O3S+. The van der Waals surface area contributed by atoms with Gasteiger partial charge in [0.05, 0.1) is 20.2 Å². The van der Waals surface area contributed by atoms with Crippen molar-refractivity contribution < 1.29 is 14.9 Å². The Balaban J connectivity index is 2.71. The minimum Gasteiger partial charge on any atom is -0.390 e. The Morgan fingerprint density at radius 2 is 2.17 bits per heavy atom. The number of aliphatic hydroxyl groups excluding tert-OH is 2. The fourth-order valence-electron chi connectivity index (χ4n) is 1.78. The van der Waals surface area contributed by atoms with E-state index in [0.29, 0.717) is 11.6 Å². The first-order chi connectivity index (χ1) is 8.36. The molecule has 1 aliphatic heterocycles. The van der Waals surface area contributed by atoms with Crippen LogP contribution in [-0.4, -0.2) is 70.9 Å². The minimum atomic E-state index is -0.943. The van der Waals surface area contributed by atoms with Crippen LogP contribution in [0.15, 0.2) is 0 Å². The largest absolute Gasteiger partial charge is 0.407 e. The number of aliphatic hydroxyl groups is 2. The van der Waals surface area contributed by atoms with Crippen molar-refractivity contribution in [2.45, 2.75) is 43.1 Å². The highest BCUT2D eigenvalue weighted by Crippen LogP contribution is 2.29. The molecule has 1 rings (SSSR count). The summed E-state index contributed by atoms with van der Waals surface area (Å²) >= 11 is 1.37. The molecule has 0 bridgehead atoms. The van der Waals surface area contributed by atoms with Crippen LogP contribution in [0.1, 0.15) is 13.3 Å². The average Bonchev–Trinajstić information content (AvgIpc) is 2.29. The first-order valence-electron chi connectivity index (χ1n) is 5.81. The van der Waals surface area contributed by atoms with Crippen LogP contribution in [0.3, 0.4) is 0 Å². The van der Waals surface area contributed by atoms with E-state index in [9.17, 15) is 10.2 Å². The summed E-state index contributed by atoms with van der Waals surface area (Å²) in [5, 5.41) is 20.3. The molecule has 6 nitrogen and oxygen atoms in total. The van der Waals surface area contributed by atoms with Crippen LogP contribution < -0.4 is 10.4 Å². The average molecular weight is 276 g/mol. The van der Waals surface area contributed by atoms with Crippen molar-refractivity contribution in [1.82, 2.24) is 9.57 Å². The maximum absolute atomic E-state index is 9.82. The van der Waals surface area contributed by atoms with Gasteiger partial charge in [-0.05, 0) is 6.92 Å². The second-order valence-electron chi connectivity index (χ2n) is 4.64. The van der Waals surface area contributed by atoms with E-state index in [1.165, 1.54) is 11.8 Å². The van der Waals surface area contributed by atoms with Crippen molar-refractivity contribution in [2.24, 2.45) is 5.73 Å². The summed E-state index contributed by atoms with van der Waals surface area (Å²) < 4.78 is 9.60. The maximum atomic E-state index is 9.82. The fourth-order valence-corrected chi connectivity index (χ4v) is 2.78. The van der Waals surface area contributed by atoms with Gasteiger partial charge >= 0.3 is 5.17 Å². The normalized spacial score (nSPS) is 33.7. The van der Waals surface area contributed by atoms with Crippen molar-refractivity contribution in [2.75, 3.05) is 14.1 Å². The smallest absolute Gasteiger partial charge is 0.390 e. The number of ether oxygens (including phenoxy) is 1.